The van der Waals surface area contributed by atoms with E-state index in [0.29, 0.717) is 0 Å². The molecule has 0 N–H and O–H groups in total. The quantitative estimate of drug-likeness (QED) is 0.108. The third kappa shape index (κ3) is 12.5. The van der Waals surface area contributed by atoms with E-state index in [2.05, 4.69) is 428 Å². The molecule has 0 saturated heterocycles. The van der Waals surface area contributed by atoms with E-state index in [1.807, 2.05) is 40.1 Å². The molecule has 0 bridgehead atoms. The molecule has 0 spiro atoms. The molecule has 0 aliphatic heterocycles. The fraction of sp³-hybridized carbons (Fsp3) is 0. The van der Waals surface area contributed by atoms with Gasteiger partial charge >= 0.3 is 0 Å². The first kappa shape index (κ1) is 68.1. The molecule has 0 saturated carbocycles. The second kappa shape index (κ2) is 29.4. The van der Waals surface area contributed by atoms with Crippen molar-refractivity contribution in [2.75, 3.05) is 9.80 Å². The molecule has 0 radical (unpaired) electrons. The van der Waals surface area contributed by atoms with E-state index in [4.69, 9.17) is 4.42 Å². The lowest BCUT2D eigenvalue weighted by Gasteiger charge is -2.31. The molecule has 0 aliphatic carbocycles. The molecule has 536 valence electrons. The first-order valence-electron chi connectivity index (χ1n) is 38.7. The Labute approximate surface area is 673 Å². The highest BCUT2D eigenvalue weighted by atomic mass is 32.1. The summed E-state index contributed by atoms with van der Waals surface area (Å²) in [6.45, 7) is 0. The molecule has 3 nitrogen and oxygen atoms in total. The molecule has 0 fully saturated rings. The van der Waals surface area contributed by atoms with Gasteiger partial charge in [0, 0.05) is 127 Å². The van der Waals surface area contributed by atoms with Crippen LogP contribution in [-0.4, -0.2) is 0 Å². The van der Waals surface area contributed by atoms with E-state index in [1.54, 1.807) is 0 Å². The molecule has 0 unspecified atom stereocenters. The lowest BCUT2D eigenvalue weighted by Crippen LogP contribution is -2.13. The average molecular weight is 1510 g/mol. The number of thiophene rings is 3. The first-order chi connectivity index (χ1) is 56.5. The maximum atomic E-state index is 6.75. The molecule has 0 atom stereocenters. The number of fused-ring (bicyclic) bond motifs is 12. The minimum atomic E-state index is 0.885. The summed E-state index contributed by atoms with van der Waals surface area (Å²) in [6.07, 6.45) is 0. The Balaban J connectivity index is 0.000000143. The maximum Gasteiger partial charge on any atom is 0.143 e. The van der Waals surface area contributed by atoms with Gasteiger partial charge in [-0.15, -0.1) is 34.0 Å². The van der Waals surface area contributed by atoms with Gasteiger partial charge in [0.1, 0.15) is 11.2 Å². The zero-order valence-corrected chi connectivity index (χ0v) is 64.4. The number of para-hydroxylation sites is 4. The first-order valence-corrected chi connectivity index (χ1v) is 41.1. The molecular weight excluding hydrogens is 1440 g/mol. The molecule has 4 aromatic heterocycles. The fourth-order valence-electron chi connectivity index (χ4n) is 16.7. The van der Waals surface area contributed by atoms with Gasteiger partial charge < -0.3 is 14.2 Å². The summed E-state index contributed by atoms with van der Waals surface area (Å²) in [4.78, 5) is 4.92. The second-order valence-corrected chi connectivity index (χ2v) is 32.1. The minimum Gasteiger partial charge on any atom is -0.455 e. The monoisotopic (exact) mass is 1510 g/mol. The van der Waals surface area contributed by atoms with Crippen LogP contribution in [0.15, 0.2) is 429 Å². The number of hydrogen-bond acceptors (Lipinski definition) is 6. The normalized spacial score (nSPS) is 11.5. The van der Waals surface area contributed by atoms with Crippen LogP contribution >= 0.6 is 34.0 Å². The predicted octanol–water partition coefficient (Wildman–Crippen LogP) is 32.7. The highest BCUT2D eigenvalue weighted by Gasteiger charge is 2.28. The zero-order valence-electron chi connectivity index (χ0n) is 61.9. The van der Waals surface area contributed by atoms with Gasteiger partial charge in [0.15, 0.2) is 0 Å². The summed E-state index contributed by atoms with van der Waals surface area (Å²) in [7, 11) is 0. The van der Waals surface area contributed by atoms with Crippen molar-refractivity contribution in [3.05, 3.63) is 425 Å². The van der Waals surface area contributed by atoms with Gasteiger partial charge in [-0.25, -0.2) is 0 Å². The summed E-state index contributed by atoms with van der Waals surface area (Å²) in [5.74, 6) is 0. The summed E-state index contributed by atoms with van der Waals surface area (Å²) in [5.41, 5.74) is 27.1. The Morgan fingerprint density at radius 2 is 0.465 bits per heavy atom. The average Bonchev–Trinajstić information content (AvgIpc) is 1.64. The van der Waals surface area contributed by atoms with E-state index in [-0.39, 0.29) is 0 Å². The smallest absolute Gasteiger partial charge is 0.143 e. The van der Waals surface area contributed by atoms with Crippen LogP contribution in [0.3, 0.4) is 0 Å². The number of nitrogens with zero attached hydrogens (tertiary/aromatic N) is 2. The van der Waals surface area contributed by atoms with E-state index in [1.165, 1.54) is 133 Å². The predicted molar refractivity (Wildman–Crippen MR) is 492 cm³/mol. The van der Waals surface area contributed by atoms with Crippen molar-refractivity contribution in [1.29, 1.82) is 0 Å². The number of hydrogen-bond donors (Lipinski definition) is 0. The van der Waals surface area contributed by atoms with E-state index >= 15 is 0 Å². The SMILES string of the molecule is c1ccc(-c2ccc(N(c3ccc(-c4ccccc4)cc3)c3c(-c4ccc5c(c4)sc4ccccc45)cccc3-c3ccc4c(c3)sc3ccccc34)cc2)cc1.c1ccc(-c2ccc(N(c3ccc(-c4ccccc4)cc3)c3c(-c4cccc5c4oc4ccccc45)cccc3-c3cccc4c3sc3ccccc34)cc2)cc1. The summed E-state index contributed by atoms with van der Waals surface area (Å²) in [5, 5.41) is 10.0. The molecule has 22 rings (SSSR count). The Morgan fingerprint density at radius 1 is 0.175 bits per heavy atom. The van der Waals surface area contributed by atoms with Crippen molar-refractivity contribution < 1.29 is 4.42 Å². The lowest BCUT2D eigenvalue weighted by atomic mass is 9.92. The molecule has 4 heterocycles. The summed E-state index contributed by atoms with van der Waals surface area (Å²) in [6, 6.07) is 154. The van der Waals surface area contributed by atoms with Crippen LogP contribution in [0.5, 0.6) is 0 Å². The Bertz CT molecular complexity index is 6880. The van der Waals surface area contributed by atoms with Gasteiger partial charge in [-0.3, -0.25) is 0 Å². The summed E-state index contributed by atoms with van der Waals surface area (Å²) < 4.78 is 14.5. The number of benzene rings is 18. The highest BCUT2D eigenvalue weighted by molar-refractivity contribution is 7.27. The molecular formula is C108H70N2OS3. The second-order valence-electron chi connectivity index (χ2n) is 28.9. The molecule has 22 aromatic rings. The van der Waals surface area contributed by atoms with Gasteiger partial charge in [-0.1, -0.05) is 340 Å². The zero-order chi connectivity index (χ0) is 75.4. The Kier molecular flexibility index (Phi) is 17.5. The van der Waals surface area contributed by atoms with E-state index in [0.717, 1.165) is 72.8 Å². The van der Waals surface area contributed by atoms with Crippen LogP contribution < -0.4 is 9.80 Å². The van der Waals surface area contributed by atoms with E-state index < -0.39 is 0 Å². The highest BCUT2D eigenvalue weighted by Crippen LogP contribution is 2.54. The Morgan fingerprint density at radius 3 is 0.904 bits per heavy atom. The Hall–Kier alpha value is -14.0. The van der Waals surface area contributed by atoms with Crippen molar-refractivity contribution in [3.63, 3.8) is 0 Å². The molecule has 18 aromatic carbocycles. The van der Waals surface area contributed by atoms with Gasteiger partial charge in [0.2, 0.25) is 0 Å². The van der Waals surface area contributed by atoms with Crippen LogP contribution in [0.2, 0.25) is 0 Å². The van der Waals surface area contributed by atoms with Crippen LogP contribution in [0.25, 0.3) is 171 Å². The minimum absolute atomic E-state index is 0.885. The van der Waals surface area contributed by atoms with Crippen molar-refractivity contribution in [1.82, 2.24) is 0 Å². The molecule has 6 heteroatoms. The van der Waals surface area contributed by atoms with Gasteiger partial charge in [0.25, 0.3) is 0 Å². The van der Waals surface area contributed by atoms with Crippen molar-refractivity contribution in [3.8, 4) is 89.0 Å². The maximum absolute atomic E-state index is 6.75. The fourth-order valence-corrected chi connectivity index (χ4v) is 20.2. The number of furan rings is 1. The molecule has 0 aliphatic rings. The van der Waals surface area contributed by atoms with Gasteiger partial charge in [0.05, 0.1) is 11.4 Å². The van der Waals surface area contributed by atoms with E-state index in [9.17, 15) is 0 Å². The van der Waals surface area contributed by atoms with Crippen LogP contribution in [0.4, 0.5) is 34.1 Å². The van der Waals surface area contributed by atoms with Gasteiger partial charge in [-0.05, 0) is 141 Å². The number of rotatable bonds is 14. The number of anilines is 6. The van der Waals surface area contributed by atoms with Gasteiger partial charge in [-0.2, -0.15) is 0 Å². The van der Waals surface area contributed by atoms with Crippen LogP contribution in [0, 0.1) is 0 Å². The lowest BCUT2D eigenvalue weighted by molar-refractivity contribution is 0.670. The standard InChI is InChI=1S/C54H35NOS.C54H35NS2/c1-3-14-36(15-4-1)38-28-32-40(33-29-38)55(41-34-30-39(31-35-41)37-16-5-2-6-17-37)52-44(47-23-12-22-46-42-18-7-9-26-50(42)56-53(46)47)20-11-21-45(52)49-25-13-24-48-43-19-8-10-27-51(43)57-54(48)49;1-3-12-36(13-4-1)38-22-28-42(29-23-38)55(43-30-24-39(25-31-43)37-14-5-2-6-15-37)54-44(40-26-32-48-46-16-7-9-20-50(46)56-52(48)34-40)18-11-19-45(54)41-27-33-49-47-17-8-10-21-51(47)57-53(49)35-41/h2*1-35H. The molecule has 0 amide bonds. The topological polar surface area (TPSA) is 19.6 Å². The third-order valence-corrected chi connectivity index (χ3v) is 25.7. The summed E-state index contributed by atoms with van der Waals surface area (Å²) >= 11 is 5.60. The van der Waals surface area contributed by atoms with Crippen molar-refractivity contribution in [2.45, 2.75) is 0 Å². The van der Waals surface area contributed by atoms with Crippen LogP contribution in [-0.2, 0) is 0 Å². The largest absolute Gasteiger partial charge is 0.455 e. The third-order valence-electron chi connectivity index (χ3n) is 22.2. The van der Waals surface area contributed by atoms with Crippen molar-refractivity contribution >= 4 is 151 Å². The molecule has 114 heavy (non-hydrogen) atoms. The van der Waals surface area contributed by atoms with Crippen LogP contribution in [0.1, 0.15) is 0 Å². The van der Waals surface area contributed by atoms with Crippen molar-refractivity contribution in [2.24, 2.45) is 0 Å².